The quantitative estimate of drug-likeness (QED) is 0.769. The van der Waals surface area contributed by atoms with Gasteiger partial charge in [0.25, 0.3) is 11.5 Å². The summed E-state index contributed by atoms with van der Waals surface area (Å²) in [6.07, 6.45) is 2.47. The molecule has 1 fully saturated rings. The van der Waals surface area contributed by atoms with Crippen molar-refractivity contribution in [2.24, 2.45) is 0 Å². The Bertz CT molecular complexity index is 1000. The highest BCUT2D eigenvalue weighted by Gasteiger charge is 2.33. The Labute approximate surface area is 147 Å². The van der Waals surface area contributed by atoms with Crippen LogP contribution in [0.25, 0.3) is 5.65 Å². The average Bonchev–Trinajstić information content (AvgIpc) is 3.32. The number of aromatic amines is 1. The molecule has 9 heteroatoms. The van der Waals surface area contributed by atoms with Crippen molar-refractivity contribution in [3.8, 4) is 0 Å². The van der Waals surface area contributed by atoms with Crippen molar-refractivity contribution in [1.82, 2.24) is 29.1 Å². The number of aryl methyl sites for hydroxylation is 2. The molecule has 25 heavy (non-hydrogen) atoms. The number of H-pyrrole nitrogens is 1. The molecule has 1 N–H and O–H groups in total. The lowest BCUT2D eigenvalue weighted by Gasteiger charge is -2.23. The fraction of sp³-hybridized carbons (Fsp3) is 0.438. The standard InChI is InChI=1S/C16H18N6O2S/c1-3-10-7-14(23)22-13(17-10)8-11(19-22)12-5-4-6-21(12)16(24)15-9(2)18-20-25-15/h7-8,12,19H,3-6H2,1-2H3/t12-/m0/s1. The Balaban J connectivity index is 1.72. The monoisotopic (exact) mass is 358 g/mol. The molecule has 4 rings (SSSR count). The second-order valence-corrected chi connectivity index (χ2v) is 6.94. The third kappa shape index (κ3) is 2.64. The fourth-order valence-corrected chi connectivity index (χ4v) is 3.92. The molecule has 0 radical (unpaired) electrons. The summed E-state index contributed by atoms with van der Waals surface area (Å²) in [5.41, 5.74) is 2.71. The van der Waals surface area contributed by atoms with Gasteiger partial charge in [-0.05, 0) is 37.7 Å². The van der Waals surface area contributed by atoms with Crippen molar-refractivity contribution in [2.45, 2.75) is 39.2 Å². The van der Waals surface area contributed by atoms with E-state index in [9.17, 15) is 9.59 Å². The highest BCUT2D eigenvalue weighted by Crippen LogP contribution is 2.33. The smallest absolute Gasteiger partial charge is 0.272 e. The summed E-state index contributed by atoms with van der Waals surface area (Å²) in [7, 11) is 0. The lowest BCUT2D eigenvalue weighted by Crippen LogP contribution is -2.30. The topological polar surface area (TPSA) is 96.2 Å². The number of likely N-dealkylation sites (tertiary alicyclic amines) is 1. The van der Waals surface area contributed by atoms with Crippen LogP contribution >= 0.6 is 11.5 Å². The van der Waals surface area contributed by atoms with E-state index in [1.54, 1.807) is 6.92 Å². The molecular formula is C16H18N6O2S. The number of aromatic nitrogens is 5. The predicted octanol–water partition coefficient (Wildman–Crippen LogP) is 1.72. The maximum absolute atomic E-state index is 12.9. The van der Waals surface area contributed by atoms with Gasteiger partial charge in [-0.1, -0.05) is 11.4 Å². The molecule has 4 heterocycles. The van der Waals surface area contributed by atoms with Crippen LogP contribution in [0.4, 0.5) is 0 Å². The third-order valence-corrected chi connectivity index (χ3v) is 5.42. The molecule has 1 aliphatic rings. The first-order chi connectivity index (χ1) is 12.1. The number of nitrogens with zero attached hydrogens (tertiary/aromatic N) is 5. The minimum absolute atomic E-state index is 0.0526. The molecule has 130 valence electrons. The molecule has 0 spiro atoms. The van der Waals surface area contributed by atoms with Gasteiger partial charge in [-0.3, -0.25) is 14.7 Å². The van der Waals surface area contributed by atoms with Crippen molar-refractivity contribution in [2.75, 3.05) is 6.54 Å². The molecule has 0 unspecified atom stereocenters. The van der Waals surface area contributed by atoms with Gasteiger partial charge >= 0.3 is 0 Å². The van der Waals surface area contributed by atoms with E-state index in [0.717, 1.165) is 35.8 Å². The first kappa shape index (κ1) is 15.9. The van der Waals surface area contributed by atoms with Crippen molar-refractivity contribution < 1.29 is 4.79 Å². The van der Waals surface area contributed by atoms with Gasteiger partial charge in [0.05, 0.1) is 17.4 Å². The van der Waals surface area contributed by atoms with E-state index in [1.807, 2.05) is 17.9 Å². The van der Waals surface area contributed by atoms with E-state index in [4.69, 9.17) is 0 Å². The van der Waals surface area contributed by atoms with Crippen LogP contribution in [0.3, 0.4) is 0 Å². The van der Waals surface area contributed by atoms with Gasteiger partial charge in [-0.25, -0.2) is 9.50 Å². The number of carbonyl (C=O) groups excluding carboxylic acids is 1. The lowest BCUT2D eigenvalue weighted by atomic mass is 10.1. The minimum Gasteiger partial charge on any atom is -0.329 e. The van der Waals surface area contributed by atoms with Crippen LogP contribution in [0.1, 0.15) is 52.6 Å². The zero-order valence-electron chi connectivity index (χ0n) is 14.0. The largest absolute Gasteiger partial charge is 0.329 e. The van der Waals surface area contributed by atoms with Crippen LogP contribution in [0, 0.1) is 6.92 Å². The molecule has 3 aromatic rings. The maximum Gasteiger partial charge on any atom is 0.272 e. The van der Waals surface area contributed by atoms with Crippen LogP contribution < -0.4 is 5.56 Å². The van der Waals surface area contributed by atoms with Crippen molar-refractivity contribution in [3.63, 3.8) is 0 Å². The first-order valence-corrected chi connectivity index (χ1v) is 9.07. The summed E-state index contributed by atoms with van der Waals surface area (Å²) < 4.78 is 5.30. The van der Waals surface area contributed by atoms with E-state index in [1.165, 1.54) is 10.6 Å². The number of nitrogens with one attached hydrogen (secondary N) is 1. The molecular weight excluding hydrogens is 340 g/mol. The highest BCUT2D eigenvalue weighted by atomic mass is 32.1. The zero-order chi connectivity index (χ0) is 17.6. The number of hydrogen-bond donors (Lipinski definition) is 1. The predicted molar refractivity (Wildman–Crippen MR) is 92.8 cm³/mol. The Kier molecular flexibility index (Phi) is 3.87. The average molecular weight is 358 g/mol. The Morgan fingerprint density at radius 2 is 2.28 bits per heavy atom. The lowest BCUT2D eigenvalue weighted by molar-refractivity contribution is 0.0736. The summed E-state index contributed by atoms with van der Waals surface area (Å²) in [5.74, 6) is -0.0526. The van der Waals surface area contributed by atoms with Gasteiger partial charge in [0.2, 0.25) is 0 Å². The van der Waals surface area contributed by atoms with E-state index in [0.29, 0.717) is 29.2 Å². The second-order valence-electron chi connectivity index (χ2n) is 6.19. The second kappa shape index (κ2) is 6.07. The molecule has 1 atom stereocenters. The molecule has 0 saturated carbocycles. The Morgan fingerprint density at radius 3 is 3.00 bits per heavy atom. The number of amides is 1. The minimum atomic E-state index is -0.133. The third-order valence-electron chi connectivity index (χ3n) is 4.60. The van der Waals surface area contributed by atoms with Gasteiger partial charge in [-0.2, -0.15) is 0 Å². The summed E-state index contributed by atoms with van der Waals surface area (Å²) in [6.45, 7) is 4.44. The molecule has 1 saturated heterocycles. The van der Waals surface area contributed by atoms with E-state index in [2.05, 4.69) is 19.7 Å². The molecule has 1 amide bonds. The van der Waals surface area contributed by atoms with Crippen LogP contribution in [0.15, 0.2) is 16.9 Å². The maximum atomic E-state index is 12.9. The van der Waals surface area contributed by atoms with Gasteiger partial charge in [0.1, 0.15) is 4.88 Å². The molecule has 0 aliphatic carbocycles. The molecule has 0 bridgehead atoms. The van der Waals surface area contributed by atoms with Crippen LogP contribution in [-0.4, -0.2) is 41.5 Å². The van der Waals surface area contributed by atoms with Crippen LogP contribution in [-0.2, 0) is 6.42 Å². The Morgan fingerprint density at radius 1 is 1.44 bits per heavy atom. The summed E-state index contributed by atoms with van der Waals surface area (Å²) in [5, 5.41) is 7.05. The molecule has 1 aliphatic heterocycles. The van der Waals surface area contributed by atoms with Crippen LogP contribution in [0.2, 0.25) is 0 Å². The molecule has 0 aromatic carbocycles. The summed E-state index contributed by atoms with van der Waals surface area (Å²) >= 11 is 1.12. The summed E-state index contributed by atoms with van der Waals surface area (Å²) in [6, 6.07) is 3.31. The van der Waals surface area contributed by atoms with E-state index >= 15 is 0 Å². The van der Waals surface area contributed by atoms with Crippen molar-refractivity contribution in [1.29, 1.82) is 0 Å². The van der Waals surface area contributed by atoms with Gasteiger partial charge in [0.15, 0.2) is 5.65 Å². The number of carbonyl (C=O) groups is 1. The van der Waals surface area contributed by atoms with Gasteiger partial charge in [-0.15, -0.1) is 5.10 Å². The van der Waals surface area contributed by atoms with E-state index < -0.39 is 0 Å². The first-order valence-electron chi connectivity index (χ1n) is 8.30. The Hall–Kier alpha value is -2.55. The highest BCUT2D eigenvalue weighted by molar-refractivity contribution is 7.07. The molecule has 8 nitrogen and oxygen atoms in total. The van der Waals surface area contributed by atoms with Crippen molar-refractivity contribution in [3.05, 3.63) is 44.4 Å². The van der Waals surface area contributed by atoms with Crippen LogP contribution in [0.5, 0.6) is 0 Å². The summed E-state index contributed by atoms with van der Waals surface area (Å²) in [4.78, 5) is 32.0. The fourth-order valence-electron chi connectivity index (χ4n) is 3.30. The molecule has 3 aromatic heterocycles. The number of hydrogen-bond acceptors (Lipinski definition) is 6. The normalized spacial score (nSPS) is 17.5. The van der Waals surface area contributed by atoms with Gasteiger partial charge in [0, 0.05) is 24.4 Å². The number of fused-ring (bicyclic) bond motifs is 1. The zero-order valence-corrected chi connectivity index (χ0v) is 14.8. The van der Waals surface area contributed by atoms with Gasteiger partial charge < -0.3 is 4.90 Å². The van der Waals surface area contributed by atoms with E-state index in [-0.39, 0.29) is 17.5 Å². The number of rotatable bonds is 3. The van der Waals surface area contributed by atoms with Crippen molar-refractivity contribution >= 4 is 23.1 Å². The SMILES string of the molecule is CCc1cc(=O)n2[nH]c([C@@H]3CCCN3C(=O)c3snnc3C)cc2n1.